The van der Waals surface area contributed by atoms with Crippen LogP contribution in [0.1, 0.15) is 83.3 Å². The minimum Gasteiger partial charge on any atom is -0.508 e. The number of fused-ring (bicyclic) bond motifs is 6. The number of hydrogen-bond acceptors (Lipinski definition) is 2. The summed E-state index contributed by atoms with van der Waals surface area (Å²) in [5.41, 5.74) is 17.6. The quantitative estimate of drug-likeness (QED) is 0.182. The molecule has 0 unspecified atom stereocenters. The van der Waals surface area contributed by atoms with Crippen LogP contribution >= 0.6 is 0 Å². The number of phenols is 2. The molecule has 0 heterocycles. The Morgan fingerprint density at radius 1 is 0.404 bits per heavy atom. The van der Waals surface area contributed by atoms with E-state index in [1.54, 1.807) is 12.1 Å². The lowest BCUT2D eigenvalue weighted by Crippen LogP contribution is -2.25. The van der Waals surface area contributed by atoms with Crippen LogP contribution in [0.3, 0.4) is 0 Å². The van der Waals surface area contributed by atoms with Crippen LogP contribution in [0.15, 0.2) is 121 Å². The second-order valence-electron chi connectivity index (χ2n) is 15.9. The molecule has 260 valence electrons. The Hall–Kier alpha value is -5.60. The van der Waals surface area contributed by atoms with Crippen LogP contribution < -0.4 is 0 Å². The second-order valence-corrected chi connectivity index (χ2v) is 15.9. The van der Waals surface area contributed by atoms with E-state index in [-0.39, 0.29) is 10.8 Å². The van der Waals surface area contributed by atoms with E-state index in [1.807, 2.05) is 12.1 Å². The van der Waals surface area contributed by atoms with Crippen molar-refractivity contribution < 1.29 is 10.2 Å². The van der Waals surface area contributed by atoms with Gasteiger partial charge in [0, 0.05) is 0 Å². The number of aromatic hydroxyl groups is 2. The summed E-state index contributed by atoms with van der Waals surface area (Å²) in [6, 6.07) is 42.0. The Bertz CT molecular complexity index is 2150. The maximum absolute atomic E-state index is 9.97. The second kappa shape index (κ2) is 13.8. The van der Waals surface area contributed by atoms with Gasteiger partial charge in [-0.2, -0.15) is 0 Å². The molecule has 0 amide bonds. The number of aryl methyl sites for hydroxylation is 2. The molecule has 6 aromatic carbocycles. The molecular formula is C50H48O2. The Morgan fingerprint density at radius 3 is 1.13 bits per heavy atom. The van der Waals surface area contributed by atoms with E-state index in [1.165, 1.54) is 66.8 Å². The minimum absolute atomic E-state index is 0.0957. The number of benzene rings is 6. The van der Waals surface area contributed by atoms with Crippen molar-refractivity contribution in [3.05, 3.63) is 177 Å². The highest BCUT2D eigenvalue weighted by molar-refractivity contribution is 5.81. The zero-order valence-corrected chi connectivity index (χ0v) is 31.2. The summed E-state index contributed by atoms with van der Waals surface area (Å²) in [7, 11) is 0. The predicted octanol–water partition coefficient (Wildman–Crippen LogP) is 12.7. The lowest BCUT2D eigenvalue weighted by Gasteiger charge is -2.34. The average molecular weight is 681 g/mol. The highest BCUT2D eigenvalue weighted by Crippen LogP contribution is 2.46. The molecule has 2 heteroatoms. The van der Waals surface area contributed by atoms with Gasteiger partial charge in [-0.1, -0.05) is 148 Å². The molecule has 0 aliphatic heterocycles. The summed E-state index contributed by atoms with van der Waals surface area (Å²) in [5.74, 6) is 0.657. The number of hydrogen-bond donors (Lipinski definition) is 2. The summed E-state index contributed by atoms with van der Waals surface area (Å²) in [4.78, 5) is 0. The van der Waals surface area contributed by atoms with Gasteiger partial charge in [-0.25, -0.2) is 0 Å². The monoisotopic (exact) mass is 680 g/mol. The van der Waals surface area contributed by atoms with Crippen molar-refractivity contribution in [3.63, 3.8) is 0 Å². The number of rotatable bonds is 4. The van der Waals surface area contributed by atoms with E-state index in [4.69, 9.17) is 0 Å². The third-order valence-corrected chi connectivity index (χ3v) is 10.7. The molecule has 0 aromatic heterocycles. The molecule has 8 rings (SSSR count). The van der Waals surface area contributed by atoms with E-state index in [9.17, 15) is 10.2 Å². The highest BCUT2D eigenvalue weighted by Gasteiger charge is 2.32. The van der Waals surface area contributed by atoms with Crippen molar-refractivity contribution in [3.8, 4) is 33.8 Å². The first-order valence-corrected chi connectivity index (χ1v) is 18.3. The first kappa shape index (κ1) is 34.8. The van der Waals surface area contributed by atoms with Crippen LogP contribution in [0.5, 0.6) is 11.5 Å². The summed E-state index contributed by atoms with van der Waals surface area (Å²) in [6.07, 6.45) is 10.6. The molecule has 0 spiro atoms. The van der Waals surface area contributed by atoms with Gasteiger partial charge in [0.2, 0.25) is 0 Å². The van der Waals surface area contributed by atoms with Gasteiger partial charge in [0.1, 0.15) is 11.5 Å². The Morgan fingerprint density at radius 2 is 0.750 bits per heavy atom. The minimum atomic E-state index is 0.0957. The number of phenolic OH excluding ortho intramolecular Hbond substituents is 2. The van der Waals surface area contributed by atoms with Gasteiger partial charge in [0.05, 0.1) is 0 Å². The van der Waals surface area contributed by atoms with Gasteiger partial charge in [0.15, 0.2) is 0 Å². The average Bonchev–Trinajstić information content (AvgIpc) is 3.12. The molecule has 2 N–H and O–H groups in total. The molecule has 0 bridgehead atoms. The van der Waals surface area contributed by atoms with Crippen molar-refractivity contribution in [2.45, 2.75) is 65.2 Å². The molecule has 2 aliphatic carbocycles. The summed E-state index contributed by atoms with van der Waals surface area (Å²) < 4.78 is 0. The van der Waals surface area contributed by atoms with Crippen LogP contribution in [0.4, 0.5) is 0 Å². The third-order valence-electron chi connectivity index (χ3n) is 10.7. The molecule has 2 nitrogen and oxygen atoms in total. The Labute approximate surface area is 309 Å². The summed E-state index contributed by atoms with van der Waals surface area (Å²) >= 11 is 0. The van der Waals surface area contributed by atoms with E-state index >= 15 is 0 Å². The topological polar surface area (TPSA) is 40.5 Å². The van der Waals surface area contributed by atoms with Crippen molar-refractivity contribution in [1.29, 1.82) is 0 Å². The maximum atomic E-state index is 9.97. The van der Waals surface area contributed by atoms with Crippen LogP contribution in [0.25, 0.3) is 46.6 Å². The Kier molecular flexibility index (Phi) is 9.27. The predicted molar refractivity (Wildman–Crippen MR) is 221 cm³/mol. The summed E-state index contributed by atoms with van der Waals surface area (Å²) in [5, 5.41) is 19.9. The standard InChI is InChI=1S/2C25H24O/c2*1-17-4-6-18(7-5-17)8-9-19-10-13-24-23(14-19)22-15-21(26)12-11-20(22)16-25(24,2)3/h2*4-15,26H,16H2,1-3H3/b2*9-8+. The van der Waals surface area contributed by atoms with Crippen molar-refractivity contribution in [1.82, 2.24) is 0 Å². The lowest BCUT2D eigenvalue weighted by atomic mass is 9.70. The van der Waals surface area contributed by atoms with Crippen molar-refractivity contribution >= 4 is 24.3 Å². The normalized spacial score (nSPS) is 14.9. The SMILES string of the molecule is Cc1ccc(/C=C/c2ccc3c(c2)-c2cc(O)ccc2CC3(C)C)cc1.Cc1ccc(/C=C/c2ccc3c(c2)-c2cc(O)ccc2CC3(C)C)cc1. The van der Waals surface area contributed by atoms with Crippen LogP contribution in [-0.2, 0) is 23.7 Å². The van der Waals surface area contributed by atoms with E-state index < -0.39 is 0 Å². The molecule has 6 aromatic rings. The fourth-order valence-electron chi connectivity index (χ4n) is 7.78. The van der Waals surface area contributed by atoms with E-state index in [0.717, 1.165) is 24.0 Å². The van der Waals surface area contributed by atoms with Gasteiger partial charge >= 0.3 is 0 Å². The van der Waals surface area contributed by atoms with Gasteiger partial charge in [-0.15, -0.1) is 0 Å². The van der Waals surface area contributed by atoms with Crippen molar-refractivity contribution in [2.75, 3.05) is 0 Å². The Balaban J connectivity index is 0.000000162. The highest BCUT2D eigenvalue weighted by atomic mass is 16.3. The molecule has 0 fully saturated rings. The largest absolute Gasteiger partial charge is 0.508 e. The fourth-order valence-corrected chi connectivity index (χ4v) is 7.78. The first-order chi connectivity index (χ1) is 24.8. The van der Waals surface area contributed by atoms with Gasteiger partial charge < -0.3 is 10.2 Å². The first-order valence-electron chi connectivity index (χ1n) is 18.3. The van der Waals surface area contributed by atoms with E-state index in [2.05, 4.69) is 163 Å². The lowest BCUT2D eigenvalue weighted by molar-refractivity contribution is 0.473. The van der Waals surface area contributed by atoms with Crippen LogP contribution in [0, 0.1) is 13.8 Å². The van der Waals surface area contributed by atoms with Crippen LogP contribution in [0.2, 0.25) is 0 Å². The smallest absolute Gasteiger partial charge is 0.116 e. The van der Waals surface area contributed by atoms with Crippen LogP contribution in [-0.4, -0.2) is 10.2 Å². The molecule has 0 saturated heterocycles. The molecule has 52 heavy (non-hydrogen) atoms. The molecule has 0 atom stereocenters. The fraction of sp³-hybridized carbons (Fsp3) is 0.200. The molecular weight excluding hydrogens is 633 g/mol. The van der Waals surface area contributed by atoms with Gasteiger partial charge in [-0.05, 0) is 141 Å². The molecule has 0 saturated carbocycles. The zero-order valence-electron chi connectivity index (χ0n) is 31.2. The van der Waals surface area contributed by atoms with E-state index in [0.29, 0.717) is 11.5 Å². The maximum Gasteiger partial charge on any atom is 0.116 e. The van der Waals surface area contributed by atoms with Crippen molar-refractivity contribution in [2.24, 2.45) is 0 Å². The third kappa shape index (κ3) is 7.39. The molecule has 2 aliphatic rings. The van der Waals surface area contributed by atoms with Gasteiger partial charge in [-0.3, -0.25) is 0 Å². The zero-order chi connectivity index (χ0) is 36.6. The molecule has 0 radical (unpaired) electrons. The van der Waals surface area contributed by atoms with Gasteiger partial charge in [0.25, 0.3) is 0 Å². The summed E-state index contributed by atoms with van der Waals surface area (Å²) in [6.45, 7) is 13.4.